The van der Waals surface area contributed by atoms with Crippen molar-refractivity contribution >= 4 is 5.82 Å². The molecule has 3 heterocycles. The Bertz CT molecular complexity index is 823. The number of anilines is 1. The summed E-state index contributed by atoms with van der Waals surface area (Å²) in [7, 11) is 2.09. The molecule has 0 spiro atoms. The molecule has 0 amide bonds. The minimum absolute atomic E-state index is 0.306. The first kappa shape index (κ1) is 19.3. The van der Waals surface area contributed by atoms with Crippen LogP contribution >= 0.6 is 0 Å². The molecule has 1 unspecified atom stereocenters. The number of hydrogen-bond acceptors (Lipinski definition) is 5. The molecular weight excluding hydrogens is 348 g/mol. The molecule has 5 heteroatoms. The van der Waals surface area contributed by atoms with Gasteiger partial charge in [0.1, 0.15) is 11.4 Å². The van der Waals surface area contributed by atoms with Gasteiger partial charge in [0.25, 0.3) is 0 Å². The lowest BCUT2D eigenvalue weighted by Crippen LogP contribution is -2.63. The van der Waals surface area contributed by atoms with E-state index in [1.807, 2.05) is 6.20 Å². The van der Waals surface area contributed by atoms with Crippen LogP contribution in [0.4, 0.5) is 5.82 Å². The zero-order valence-corrected chi connectivity index (χ0v) is 17.5. The van der Waals surface area contributed by atoms with E-state index in [9.17, 15) is 5.11 Å². The van der Waals surface area contributed by atoms with Crippen LogP contribution in [0.2, 0.25) is 0 Å². The molecule has 150 valence electrons. The molecule has 1 atom stereocenters. The molecule has 2 saturated heterocycles. The van der Waals surface area contributed by atoms with Crippen LogP contribution in [0.5, 0.6) is 0 Å². The maximum absolute atomic E-state index is 12.2. The smallest absolute Gasteiger partial charge is 0.147 e. The molecule has 0 bridgehead atoms. The number of aliphatic hydroxyl groups is 1. The molecule has 2 aliphatic heterocycles. The third-order valence-electron chi connectivity index (χ3n) is 6.53. The fourth-order valence-corrected chi connectivity index (χ4v) is 4.92. The molecule has 4 rings (SSSR count). The van der Waals surface area contributed by atoms with E-state index in [2.05, 4.69) is 66.9 Å². The summed E-state index contributed by atoms with van der Waals surface area (Å²) in [6.07, 6.45) is 5.95. The van der Waals surface area contributed by atoms with E-state index in [4.69, 9.17) is 4.98 Å². The first-order valence-electron chi connectivity index (χ1n) is 10.4. The summed E-state index contributed by atoms with van der Waals surface area (Å²) in [4.78, 5) is 13.9. The SMILES string of the molecule is CC(C)c1ccc(C(O)(c2cncc(N3CCCC3)n2)C2(C)CN(C)C2)cc1. The number of benzene rings is 1. The summed E-state index contributed by atoms with van der Waals surface area (Å²) in [5.74, 6) is 1.34. The van der Waals surface area contributed by atoms with Crippen LogP contribution < -0.4 is 4.90 Å². The molecule has 2 aromatic rings. The molecule has 28 heavy (non-hydrogen) atoms. The highest BCUT2D eigenvalue weighted by Crippen LogP contribution is 2.49. The van der Waals surface area contributed by atoms with Gasteiger partial charge >= 0.3 is 0 Å². The maximum Gasteiger partial charge on any atom is 0.147 e. The van der Waals surface area contributed by atoms with Crippen LogP contribution in [-0.2, 0) is 5.60 Å². The zero-order chi connectivity index (χ0) is 19.9. The average Bonchev–Trinajstić information content (AvgIpc) is 3.21. The Morgan fingerprint density at radius 2 is 1.71 bits per heavy atom. The fourth-order valence-electron chi connectivity index (χ4n) is 4.92. The lowest BCUT2D eigenvalue weighted by atomic mass is 9.63. The lowest BCUT2D eigenvalue weighted by molar-refractivity contribution is -0.129. The van der Waals surface area contributed by atoms with Crippen molar-refractivity contribution in [2.24, 2.45) is 5.41 Å². The molecule has 1 aromatic carbocycles. The summed E-state index contributed by atoms with van der Waals surface area (Å²) in [5.41, 5.74) is 1.36. The van der Waals surface area contributed by atoms with E-state index < -0.39 is 5.60 Å². The van der Waals surface area contributed by atoms with Crippen LogP contribution in [0.15, 0.2) is 36.7 Å². The van der Waals surface area contributed by atoms with Gasteiger partial charge in [0.2, 0.25) is 0 Å². The van der Waals surface area contributed by atoms with Crippen LogP contribution in [0.1, 0.15) is 56.4 Å². The zero-order valence-electron chi connectivity index (χ0n) is 17.5. The Morgan fingerprint density at radius 3 is 2.29 bits per heavy atom. The van der Waals surface area contributed by atoms with Gasteiger partial charge in [0.15, 0.2) is 0 Å². The van der Waals surface area contributed by atoms with Gasteiger partial charge in [0.05, 0.1) is 18.1 Å². The van der Waals surface area contributed by atoms with Crippen molar-refractivity contribution in [2.75, 3.05) is 38.1 Å². The quantitative estimate of drug-likeness (QED) is 0.862. The molecule has 1 N–H and O–H groups in total. The first-order chi connectivity index (χ1) is 13.3. The van der Waals surface area contributed by atoms with Crippen LogP contribution in [0, 0.1) is 5.41 Å². The van der Waals surface area contributed by atoms with Crippen LogP contribution in [0.3, 0.4) is 0 Å². The second kappa shape index (κ2) is 7.12. The summed E-state index contributed by atoms with van der Waals surface area (Å²) in [6.45, 7) is 10.2. The Kier molecular flexibility index (Phi) is 4.92. The highest BCUT2D eigenvalue weighted by molar-refractivity contribution is 5.43. The Morgan fingerprint density at radius 1 is 1.07 bits per heavy atom. The third-order valence-corrected chi connectivity index (χ3v) is 6.53. The Hall–Kier alpha value is -1.98. The van der Waals surface area contributed by atoms with E-state index >= 15 is 0 Å². The van der Waals surface area contributed by atoms with E-state index in [1.54, 1.807) is 6.20 Å². The predicted molar refractivity (Wildman–Crippen MR) is 113 cm³/mol. The minimum atomic E-state index is -1.17. The molecule has 0 radical (unpaired) electrons. The van der Waals surface area contributed by atoms with E-state index in [0.29, 0.717) is 11.6 Å². The van der Waals surface area contributed by atoms with Crippen molar-refractivity contribution in [1.29, 1.82) is 0 Å². The summed E-state index contributed by atoms with van der Waals surface area (Å²) in [6, 6.07) is 8.41. The lowest BCUT2D eigenvalue weighted by Gasteiger charge is -2.55. The van der Waals surface area contributed by atoms with Crippen LogP contribution in [0.25, 0.3) is 0 Å². The van der Waals surface area contributed by atoms with Gasteiger partial charge in [-0.2, -0.15) is 0 Å². The normalized spacial score (nSPS) is 21.6. The molecule has 5 nitrogen and oxygen atoms in total. The highest BCUT2D eigenvalue weighted by Gasteiger charge is 2.56. The number of likely N-dealkylation sites (tertiary alicyclic amines) is 1. The Labute approximate surface area is 168 Å². The summed E-state index contributed by atoms with van der Waals surface area (Å²) in [5, 5.41) is 12.2. The summed E-state index contributed by atoms with van der Waals surface area (Å²) < 4.78 is 0. The van der Waals surface area contributed by atoms with Crippen molar-refractivity contribution < 1.29 is 5.11 Å². The first-order valence-corrected chi connectivity index (χ1v) is 10.4. The van der Waals surface area contributed by atoms with Gasteiger partial charge in [-0.15, -0.1) is 0 Å². The Balaban J connectivity index is 1.79. The standard InChI is InChI=1S/C23H32N4O/c1-17(2)18-7-9-19(10-8-18)23(28,22(3)15-26(4)16-22)20-13-24-14-21(25-20)27-11-5-6-12-27/h7-10,13-14,17,28H,5-6,11-12,15-16H2,1-4H3. The number of rotatable bonds is 5. The second-order valence-corrected chi connectivity index (χ2v) is 9.18. The molecule has 2 fully saturated rings. The number of hydrogen-bond donors (Lipinski definition) is 1. The third kappa shape index (κ3) is 3.11. The monoisotopic (exact) mass is 380 g/mol. The van der Waals surface area contributed by atoms with Crippen LogP contribution in [-0.4, -0.2) is 53.2 Å². The minimum Gasteiger partial charge on any atom is -0.378 e. The number of aromatic nitrogens is 2. The molecule has 2 aliphatic rings. The van der Waals surface area contributed by atoms with Gasteiger partial charge in [0, 0.05) is 31.6 Å². The summed E-state index contributed by atoms with van der Waals surface area (Å²) >= 11 is 0. The largest absolute Gasteiger partial charge is 0.378 e. The number of nitrogens with zero attached hydrogens (tertiary/aromatic N) is 4. The molecule has 1 aromatic heterocycles. The predicted octanol–water partition coefficient (Wildman–Crippen LogP) is 3.39. The molecular formula is C23H32N4O. The van der Waals surface area contributed by atoms with Crippen molar-refractivity contribution in [3.05, 3.63) is 53.5 Å². The molecule has 0 saturated carbocycles. The van der Waals surface area contributed by atoms with Gasteiger partial charge in [-0.3, -0.25) is 4.98 Å². The fraction of sp³-hybridized carbons (Fsp3) is 0.565. The molecule has 0 aliphatic carbocycles. The van der Waals surface area contributed by atoms with Crippen molar-refractivity contribution in [3.8, 4) is 0 Å². The average molecular weight is 381 g/mol. The second-order valence-electron chi connectivity index (χ2n) is 9.18. The van der Waals surface area contributed by atoms with E-state index in [0.717, 1.165) is 37.6 Å². The highest BCUT2D eigenvalue weighted by atomic mass is 16.3. The van der Waals surface area contributed by atoms with Crippen molar-refractivity contribution in [2.45, 2.75) is 45.1 Å². The van der Waals surface area contributed by atoms with Crippen molar-refractivity contribution in [1.82, 2.24) is 14.9 Å². The van der Waals surface area contributed by atoms with E-state index in [1.165, 1.54) is 18.4 Å². The van der Waals surface area contributed by atoms with Gasteiger partial charge < -0.3 is 14.9 Å². The maximum atomic E-state index is 12.2. The topological polar surface area (TPSA) is 52.5 Å². The van der Waals surface area contributed by atoms with Gasteiger partial charge in [-0.05, 0) is 36.9 Å². The van der Waals surface area contributed by atoms with Crippen molar-refractivity contribution in [3.63, 3.8) is 0 Å². The van der Waals surface area contributed by atoms with Gasteiger partial charge in [-0.25, -0.2) is 4.98 Å². The van der Waals surface area contributed by atoms with E-state index in [-0.39, 0.29) is 5.41 Å². The van der Waals surface area contributed by atoms with Gasteiger partial charge in [-0.1, -0.05) is 45.0 Å².